The largest absolute Gasteiger partial charge is 0.379 e. The zero-order chi connectivity index (χ0) is 14.7. The topological polar surface area (TPSA) is 112 Å². The van der Waals surface area contributed by atoms with E-state index in [-0.39, 0.29) is 11.5 Å². The minimum atomic E-state index is -0.468. The molecule has 1 amide bonds. The molecule has 21 heavy (non-hydrogen) atoms. The number of hydrogen-bond acceptors (Lipinski definition) is 6. The predicted octanol–water partition coefficient (Wildman–Crippen LogP) is 1.15. The van der Waals surface area contributed by atoms with Crippen LogP contribution in [0.5, 0.6) is 0 Å². The van der Waals surface area contributed by atoms with Crippen molar-refractivity contribution in [2.75, 3.05) is 11.1 Å². The summed E-state index contributed by atoms with van der Waals surface area (Å²) in [6.07, 6.45) is 3.58. The Hall–Kier alpha value is -3.16. The second kappa shape index (κ2) is 5.45. The van der Waals surface area contributed by atoms with Crippen molar-refractivity contribution >= 4 is 17.4 Å². The molecule has 3 N–H and O–H groups in total. The van der Waals surface area contributed by atoms with Gasteiger partial charge in [0.15, 0.2) is 0 Å². The number of amides is 1. The third kappa shape index (κ3) is 2.89. The number of hydrogen-bond donors (Lipinski definition) is 2. The molecule has 0 aliphatic rings. The molecule has 2 aromatic heterocycles. The van der Waals surface area contributed by atoms with E-state index in [0.717, 1.165) is 5.56 Å². The van der Waals surface area contributed by atoms with Crippen molar-refractivity contribution in [1.82, 2.24) is 20.1 Å². The quantitative estimate of drug-likeness (QED) is 0.743. The normalized spacial score (nSPS) is 10.5. The van der Waals surface area contributed by atoms with Crippen LogP contribution < -0.4 is 11.1 Å². The molecule has 0 saturated heterocycles. The molecule has 0 aliphatic heterocycles. The van der Waals surface area contributed by atoms with Gasteiger partial charge in [0.25, 0.3) is 5.91 Å². The number of benzene rings is 1. The number of nitrogens with zero attached hydrogens (tertiary/aromatic N) is 4. The molecule has 0 radical (unpaired) electrons. The first kappa shape index (κ1) is 12.9. The van der Waals surface area contributed by atoms with Crippen molar-refractivity contribution in [3.05, 3.63) is 54.0 Å². The second-order valence-electron chi connectivity index (χ2n) is 4.36. The van der Waals surface area contributed by atoms with Gasteiger partial charge in [0.2, 0.25) is 11.5 Å². The van der Waals surface area contributed by atoms with Crippen LogP contribution in [-0.4, -0.2) is 26.0 Å². The molecule has 0 bridgehead atoms. The van der Waals surface area contributed by atoms with Crippen molar-refractivity contribution in [3.63, 3.8) is 0 Å². The van der Waals surface area contributed by atoms with E-state index in [2.05, 4.69) is 25.4 Å². The number of nitrogen functional groups attached to an aromatic ring is 1. The zero-order valence-corrected chi connectivity index (χ0v) is 10.9. The third-order valence-electron chi connectivity index (χ3n) is 2.82. The van der Waals surface area contributed by atoms with Crippen LogP contribution in [0.15, 0.2) is 47.4 Å². The smallest absolute Gasteiger partial charge is 0.281 e. The Morgan fingerprint density at radius 1 is 1.33 bits per heavy atom. The lowest BCUT2D eigenvalue weighted by molar-refractivity contribution is 0.101. The fourth-order valence-corrected chi connectivity index (χ4v) is 1.87. The van der Waals surface area contributed by atoms with Crippen LogP contribution in [0.4, 0.5) is 11.5 Å². The Labute approximate surface area is 119 Å². The number of nitrogens with two attached hydrogens (primary N) is 1. The predicted molar refractivity (Wildman–Crippen MR) is 74.4 cm³/mol. The minimum absolute atomic E-state index is 0.0347. The van der Waals surface area contributed by atoms with Gasteiger partial charge in [-0.25, -0.2) is 4.63 Å². The van der Waals surface area contributed by atoms with Crippen LogP contribution in [-0.2, 0) is 6.54 Å². The molecule has 0 spiro atoms. The van der Waals surface area contributed by atoms with Gasteiger partial charge in [-0.1, -0.05) is 12.1 Å². The van der Waals surface area contributed by atoms with E-state index in [1.54, 1.807) is 16.9 Å². The monoisotopic (exact) mass is 284 g/mol. The molecule has 0 atom stereocenters. The summed E-state index contributed by atoms with van der Waals surface area (Å²) in [5.74, 6) is -0.509. The summed E-state index contributed by atoms with van der Waals surface area (Å²) < 4.78 is 6.19. The fourth-order valence-electron chi connectivity index (χ4n) is 1.87. The maximum atomic E-state index is 12.0. The van der Waals surface area contributed by atoms with Gasteiger partial charge in [0, 0.05) is 18.1 Å². The maximum absolute atomic E-state index is 12.0. The zero-order valence-electron chi connectivity index (χ0n) is 10.9. The Kier molecular flexibility index (Phi) is 3.34. The lowest BCUT2D eigenvalue weighted by atomic mass is 10.2. The highest BCUT2D eigenvalue weighted by Crippen LogP contribution is 2.14. The summed E-state index contributed by atoms with van der Waals surface area (Å²) in [7, 11) is 0. The highest BCUT2D eigenvalue weighted by atomic mass is 16.6. The molecular formula is C13H12N6O2. The van der Waals surface area contributed by atoms with Crippen molar-refractivity contribution in [3.8, 4) is 0 Å². The summed E-state index contributed by atoms with van der Waals surface area (Å²) in [5.41, 5.74) is 7.07. The molecule has 2 heterocycles. The maximum Gasteiger partial charge on any atom is 0.281 e. The SMILES string of the molecule is Nc1nonc1C(=O)Nc1cccc(Cn2cccn2)c1. The van der Waals surface area contributed by atoms with E-state index in [1.165, 1.54) is 0 Å². The first-order chi connectivity index (χ1) is 10.2. The molecule has 0 fully saturated rings. The van der Waals surface area contributed by atoms with Gasteiger partial charge in [-0.3, -0.25) is 9.48 Å². The van der Waals surface area contributed by atoms with E-state index in [0.29, 0.717) is 12.2 Å². The Morgan fingerprint density at radius 2 is 2.24 bits per heavy atom. The van der Waals surface area contributed by atoms with E-state index in [1.807, 2.05) is 30.5 Å². The van der Waals surface area contributed by atoms with Gasteiger partial charge in [-0.15, -0.1) is 0 Å². The first-order valence-electron chi connectivity index (χ1n) is 6.18. The molecule has 8 heteroatoms. The molecule has 0 unspecified atom stereocenters. The number of nitrogens with one attached hydrogen (secondary N) is 1. The number of rotatable bonds is 4. The van der Waals surface area contributed by atoms with Crippen molar-refractivity contribution in [2.24, 2.45) is 0 Å². The molecule has 0 saturated carbocycles. The molecule has 106 valence electrons. The number of anilines is 2. The van der Waals surface area contributed by atoms with Gasteiger partial charge in [-0.05, 0) is 34.1 Å². The van der Waals surface area contributed by atoms with E-state index in [9.17, 15) is 4.79 Å². The number of carbonyl (C=O) groups excluding carboxylic acids is 1. The van der Waals surface area contributed by atoms with Gasteiger partial charge in [0.05, 0.1) is 6.54 Å². The fraction of sp³-hybridized carbons (Fsp3) is 0.0769. The van der Waals surface area contributed by atoms with Crippen LogP contribution in [0, 0.1) is 0 Å². The van der Waals surface area contributed by atoms with E-state index in [4.69, 9.17) is 5.73 Å². The van der Waals surface area contributed by atoms with E-state index < -0.39 is 5.91 Å². The van der Waals surface area contributed by atoms with Gasteiger partial charge in [-0.2, -0.15) is 5.10 Å². The summed E-state index contributed by atoms with van der Waals surface area (Å²) in [4.78, 5) is 12.0. The average molecular weight is 284 g/mol. The number of aromatic nitrogens is 4. The Morgan fingerprint density at radius 3 is 2.95 bits per heavy atom. The van der Waals surface area contributed by atoms with Crippen LogP contribution in [0.3, 0.4) is 0 Å². The highest BCUT2D eigenvalue weighted by Gasteiger charge is 2.16. The summed E-state index contributed by atoms with van der Waals surface area (Å²) in [6, 6.07) is 9.27. The summed E-state index contributed by atoms with van der Waals surface area (Å²) >= 11 is 0. The minimum Gasteiger partial charge on any atom is -0.379 e. The van der Waals surface area contributed by atoms with Gasteiger partial charge in [0.1, 0.15) is 0 Å². The number of carbonyl (C=O) groups is 1. The summed E-state index contributed by atoms with van der Waals surface area (Å²) in [5, 5.41) is 13.7. The second-order valence-corrected chi connectivity index (χ2v) is 4.36. The van der Waals surface area contributed by atoms with Crippen LogP contribution in [0.25, 0.3) is 0 Å². The molecule has 1 aromatic carbocycles. The Bertz CT molecular complexity index is 750. The molecule has 0 aliphatic carbocycles. The standard InChI is InChI=1S/C13H12N6O2/c14-12-11(17-21-18-12)13(20)16-10-4-1-3-9(7-10)8-19-6-2-5-15-19/h1-7H,8H2,(H2,14,18)(H,16,20). The third-order valence-corrected chi connectivity index (χ3v) is 2.82. The van der Waals surface area contributed by atoms with Gasteiger partial charge < -0.3 is 11.1 Å². The van der Waals surface area contributed by atoms with Crippen molar-refractivity contribution < 1.29 is 9.42 Å². The van der Waals surface area contributed by atoms with Crippen molar-refractivity contribution in [2.45, 2.75) is 6.54 Å². The van der Waals surface area contributed by atoms with Crippen LogP contribution in [0.1, 0.15) is 16.1 Å². The first-order valence-corrected chi connectivity index (χ1v) is 6.18. The highest BCUT2D eigenvalue weighted by molar-refractivity contribution is 6.05. The Balaban J connectivity index is 1.74. The molecule has 3 rings (SSSR count). The average Bonchev–Trinajstić information content (AvgIpc) is 3.10. The molecule has 8 nitrogen and oxygen atoms in total. The van der Waals surface area contributed by atoms with Gasteiger partial charge >= 0.3 is 0 Å². The summed E-state index contributed by atoms with van der Waals surface area (Å²) in [6.45, 7) is 0.615. The van der Waals surface area contributed by atoms with Crippen molar-refractivity contribution in [1.29, 1.82) is 0 Å². The molecule has 3 aromatic rings. The van der Waals surface area contributed by atoms with E-state index >= 15 is 0 Å². The van der Waals surface area contributed by atoms with Crippen LogP contribution >= 0.6 is 0 Å². The molecular weight excluding hydrogens is 272 g/mol. The lowest BCUT2D eigenvalue weighted by Crippen LogP contribution is -2.14. The van der Waals surface area contributed by atoms with Crippen LogP contribution in [0.2, 0.25) is 0 Å². The lowest BCUT2D eigenvalue weighted by Gasteiger charge is -2.06.